The Morgan fingerprint density at radius 2 is 2.09 bits per heavy atom. The van der Waals surface area contributed by atoms with Gasteiger partial charge in [0.25, 0.3) is 0 Å². The van der Waals surface area contributed by atoms with Crippen molar-refractivity contribution in [3.8, 4) is 0 Å². The van der Waals surface area contributed by atoms with Gasteiger partial charge in [0.05, 0.1) is 0 Å². The first kappa shape index (κ1) is 12.9. The van der Waals surface area contributed by atoms with Gasteiger partial charge in [0.15, 0.2) is 5.11 Å². The lowest BCUT2D eigenvalue weighted by Gasteiger charge is -2.02. The first-order chi connectivity index (χ1) is 4.66. The SMILES string of the molecule is CCNC(=S)NN=C(N)N.Cl. The van der Waals surface area contributed by atoms with Gasteiger partial charge < -0.3 is 16.8 Å². The Balaban J connectivity index is 0. The van der Waals surface area contributed by atoms with E-state index in [1.807, 2.05) is 6.92 Å². The Morgan fingerprint density at radius 3 is 2.45 bits per heavy atom. The monoisotopic (exact) mass is 197 g/mol. The largest absolute Gasteiger partial charge is 0.369 e. The molecule has 0 aromatic carbocycles. The van der Waals surface area contributed by atoms with Crippen LogP contribution in [0.3, 0.4) is 0 Å². The van der Waals surface area contributed by atoms with Gasteiger partial charge in [-0.2, -0.15) is 0 Å². The number of halogens is 1. The number of nitrogens with one attached hydrogen (secondary N) is 2. The van der Waals surface area contributed by atoms with E-state index in [2.05, 4.69) is 15.8 Å². The van der Waals surface area contributed by atoms with Crippen LogP contribution in [-0.2, 0) is 0 Å². The van der Waals surface area contributed by atoms with Gasteiger partial charge in [-0.1, -0.05) is 0 Å². The predicted molar refractivity (Wildman–Crippen MR) is 52.5 cm³/mol. The molecule has 11 heavy (non-hydrogen) atoms. The molecule has 0 radical (unpaired) electrons. The number of hydrogen-bond donors (Lipinski definition) is 4. The van der Waals surface area contributed by atoms with E-state index < -0.39 is 0 Å². The number of nitrogens with zero attached hydrogens (tertiary/aromatic N) is 1. The van der Waals surface area contributed by atoms with Crippen molar-refractivity contribution in [3.63, 3.8) is 0 Å². The number of thiocarbonyl (C=S) groups is 1. The molecule has 7 heteroatoms. The summed E-state index contributed by atoms with van der Waals surface area (Å²) in [5.74, 6) is -0.0414. The zero-order valence-electron chi connectivity index (χ0n) is 6.13. The standard InChI is InChI=1S/C4H11N5S.ClH/c1-2-7-4(10)9-8-3(5)6;/h2H2,1H3,(H4,5,6,8)(H2,7,9,10);1H. The second-order valence-corrected chi connectivity index (χ2v) is 1.92. The molecule has 0 aromatic rings. The Hall–Kier alpha value is -0.750. The minimum absolute atomic E-state index is 0. The van der Waals surface area contributed by atoms with Gasteiger partial charge in [-0.15, -0.1) is 17.5 Å². The van der Waals surface area contributed by atoms with Crippen LogP contribution in [0.4, 0.5) is 0 Å². The summed E-state index contributed by atoms with van der Waals surface area (Å²) >= 11 is 4.73. The molecule has 0 unspecified atom stereocenters. The van der Waals surface area contributed by atoms with Crippen molar-refractivity contribution in [2.45, 2.75) is 6.92 Å². The van der Waals surface area contributed by atoms with Crippen LogP contribution in [0.1, 0.15) is 6.92 Å². The summed E-state index contributed by atoms with van der Waals surface area (Å²) in [6.07, 6.45) is 0. The molecular weight excluding hydrogens is 186 g/mol. The number of guanidine groups is 1. The molecule has 0 rings (SSSR count). The zero-order chi connectivity index (χ0) is 7.98. The van der Waals surface area contributed by atoms with Gasteiger partial charge in [-0.3, -0.25) is 5.43 Å². The van der Waals surface area contributed by atoms with E-state index in [-0.39, 0.29) is 18.4 Å². The van der Waals surface area contributed by atoms with Gasteiger partial charge in [0.2, 0.25) is 5.96 Å². The maximum absolute atomic E-state index is 5.01. The number of hydrazone groups is 1. The molecule has 0 amide bonds. The zero-order valence-corrected chi connectivity index (χ0v) is 7.76. The maximum atomic E-state index is 5.01. The van der Waals surface area contributed by atoms with Gasteiger partial charge in [0, 0.05) is 6.54 Å². The molecule has 0 spiro atoms. The van der Waals surface area contributed by atoms with Crippen molar-refractivity contribution < 1.29 is 0 Å². The predicted octanol–water partition coefficient (Wildman–Crippen LogP) is -0.919. The first-order valence-electron chi connectivity index (χ1n) is 2.79. The Kier molecular flexibility index (Phi) is 8.62. The highest BCUT2D eigenvalue weighted by molar-refractivity contribution is 7.80. The molecule has 5 nitrogen and oxygen atoms in total. The molecule has 0 fully saturated rings. The van der Waals surface area contributed by atoms with E-state index in [0.717, 1.165) is 6.54 Å². The first-order valence-corrected chi connectivity index (χ1v) is 3.20. The minimum Gasteiger partial charge on any atom is -0.369 e. The van der Waals surface area contributed by atoms with Crippen molar-refractivity contribution in [2.24, 2.45) is 16.6 Å². The van der Waals surface area contributed by atoms with Crippen molar-refractivity contribution in [2.75, 3.05) is 6.54 Å². The molecule has 0 saturated carbocycles. The summed E-state index contributed by atoms with van der Waals surface area (Å²) in [6.45, 7) is 2.66. The Labute approximate surface area is 77.0 Å². The van der Waals surface area contributed by atoms with Gasteiger partial charge >= 0.3 is 0 Å². The summed E-state index contributed by atoms with van der Waals surface area (Å²) in [5, 5.41) is 6.68. The van der Waals surface area contributed by atoms with Crippen LogP contribution in [0.15, 0.2) is 5.10 Å². The molecule has 0 aliphatic heterocycles. The average molecular weight is 198 g/mol. The lowest BCUT2D eigenvalue weighted by molar-refractivity contribution is 0.898. The highest BCUT2D eigenvalue weighted by Crippen LogP contribution is 1.64. The highest BCUT2D eigenvalue weighted by Gasteiger charge is 1.87. The van der Waals surface area contributed by atoms with Crippen LogP contribution >= 0.6 is 24.6 Å². The number of nitrogens with two attached hydrogens (primary N) is 2. The fourth-order valence-electron chi connectivity index (χ4n) is 0.315. The van der Waals surface area contributed by atoms with E-state index in [1.165, 1.54) is 0 Å². The van der Waals surface area contributed by atoms with Gasteiger partial charge in [-0.05, 0) is 19.1 Å². The van der Waals surface area contributed by atoms with Gasteiger partial charge in [0.1, 0.15) is 0 Å². The molecule has 0 atom stereocenters. The molecule has 0 aliphatic rings. The third-order valence-corrected chi connectivity index (χ3v) is 0.860. The van der Waals surface area contributed by atoms with Crippen LogP contribution in [0.25, 0.3) is 0 Å². The second-order valence-electron chi connectivity index (χ2n) is 1.51. The molecule has 0 bridgehead atoms. The average Bonchev–Trinajstić information content (AvgIpc) is 1.85. The summed E-state index contributed by atoms with van der Waals surface area (Å²) < 4.78 is 0. The van der Waals surface area contributed by atoms with Crippen LogP contribution in [-0.4, -0.2) is 17.6 Å². The lowest BCUT2D eigenvalue weighted by atomic mass is 10.7. The van der Waals surface area contributed by atoms with Gasteiger partial charge in [-0.25, -0.2) is 0 Å². The summed E-state index contributed by atoms with van der Waals surface area (Å²) in [5.41, 5.74) is 12.5. The van der Waals surface area contributed by atoms with Crippen molar-refractivity contribution in [1.82, 2.24) is 10.7 Å². The summed E-state index contributed by atoms with van der Waals surface area (Å²) in [6, 6.07) is 0. The van der Waals surface area contributed by atoms with Crippen LogP contribution < -0.4 is 22.2 Å². The molecule has 6 N–H and O–H groups in total. The molecule has 0 aliphatic carbocycles. The third kappa shape index (κ3) is 9.25. The second kappa shape index (κ2) is 7.36. The summed E-state index contributed by atoms with van der Waals surface area (Å²) in [4.78, 5) is 0. The van der Waals surface area contributed by atoms with Crippen molar-refractivity contribution in [1.29, 1.82) is 0 Å². The van der Waals surface area contributed by atoms with E-state index in [1.54, 1.807) is 0 Å². The van der Waals surface area contributed by atoms with Crippen LogP contribution in [0.5, 0.6) is 0 Å². The molecule has 66 valence electrons. The number of rotatable bonds is 2. The fourth-order valence-corrected chi connectivity index (χ4v) is 0.505. The van der Waals surface area contributed by atoms with Crippen LogP contribution in [0.2, 0.25) is 0 Å². The van der Waals surface area contributed by atoms with E-state index in [9.17, 15) is 0 Å². The Bertz CT molecular complexity index is 143. The smallest absolute Gasteiger partial charge is 0.208 e. The minimum atomic E-state index is -0.0414. The van der Waals surface area contributed by atoms with E-state index in [4.69, 9.17) is 23.7 Å². The van der Waals surface area contributed by atoms with Crippen molar-refractivity contribution >= 4 is 35.7 Å². The lowest BCUT2D eigenvalue weighted by Crippen LogP contribution is -2.35. The quantitative estimate of drug-likeness (QED) is 0.199. The summed E-state index contributed by atoms with van der Waals surface area (Å²) in [7, 11) is 0. The topological polar surface area (TPSA) is 88.5 Å². The molecular formula is C4H12ClN5S. The fraction of sp³-hybridized carbons (Fsp3) is 0.500. The highest BCUT2D eigenvalue weighted by atomic mass is 35.5. The van der Waals surface area contributed by atoms with E-state index >= 15 is 0 Å². The molecule has 0 saturated heterocycles. The molecule has 0 heterocycles. The maximum Gasteiger partial charge on any atom is 0.208 e. The normalized spacial score (nSPS) is 7.36. The van der Waals surface area contributed by atoms with Crippen LogP contribution in [0, 0.1) is 0 Å². The number of hydrogen-bond acceptors (Lipinski definition) is 2. The van der Waals surface area contributed by atoms with E-state index in [0.29, 0.717) is 5.11 Å². The Morgan fingerprint density at radius 1 is 1.55 bits per heavy atom. The third-order valence-electron chi connectivity index (χ3n) is 0.624. The molecule has 0 aromatic heterocycles. The van der Waals surface area contributed by atoms with Crippen molar-refractivity contribution in [3.05, 3.63) is 0 Å².